The van der Waals surface area contributed by atoms with Gasteiger partial charge in [-0.2, -0.15) is 0 Å². The molecule has 1 rings (SSSR count). The molecule has 1 aromatic carbocycles. The maximum Gasteiger partial charge on any atom is 0.374 e. The smallest absolute Gasteiger partial charge is 0.140 e. The molecule has 0 N–H and O–H groups in total. The minimum absolute atomic E-state index is 0.148. The predicted molar refractivity (Wildman–Crippen MR) is 51.0 cm³/mol. The molecule has 0 saturated heterocycles. The fraction of sp³-hybridized carbons (Fsp3) is 0.400. The summed E-state index contributed by atoms with van der Waals surface area (Å²) in [5.74, 6) is 0. The first kappa shape index (κ1) is 9.08. The van der Waals surface area contributed by atoms with Crippen molar-refractivity contribution < 1.29 is 0 Å². The molecule has 0 spiro atoms. The van der Waals surface area contributed by atoms with Crippen LogP contribution in [0.1, 0.15) is 19.4 Å². The third kappa shape index (κ3) is 3.78. The fourth-order valence-corrected chi connectivity index (χ4v) is 2.34. The van der Waals surface area contributed by atoms with E-state index < -0.39 is 0 Å². The highest BCUT2D eigenvalue weighted by atomic mass is 24.5. The predicted octanol–water partition coefficient (Wildman–Crippen LogP) is 2.72. The Hall–Kier alpha value is -0.0138. The topological polar surface area (TPSA) is 0 Å². The van der Waals surface area contributed by atoms with Gasteiger partial charge in [-0.25, -0.2) is 0 Å². The molecule has 0 radical (unpaired) electrons. The van der Waals surface area contributed by atoms with E-state index in [9.17, 15) is 0 Å². The lowest BCUT2D eigenvalue weighted by atomic mass is 10.2. The van der Waals surface area contributed by atoms with Gasteiger partial charge >= 0.3 is 20.4 Å². The number of benzene rings is 1. The molecule has 0 aromatic heterocycles. The Balaban J connectivity index is 2.39. The lowest BCUT2D eigenvalue weighted by molar-refractivity contribution is 1.04. The highest BCUT2D eigenvalue weighted by Crippen LogP contribution is 2.04. The Morgan fingerprint density at radius 2 is 1.82 bits per heavy atom. The van der Waals surface area contributed by atoms with Gasteiger partial charge in [0.2, 0.25) is 0 Å². The Bertz CT molecular complexity index is 191. The van der Waals surface area contributed by atoms with Gasteiger partial charge in [-0.15, -0.1) is 8.60 Å². The van der Waals surface area contributed by atoms with E-state index in [0.717, 1.165) is 4.05 Å². The minimum Gasteiger partial charge on any atom is -0.140 e. The summed E-state index contributed by atoms with van der Waals surface area (Å²) >= 11 is 0.148. The first-order valence-corrected chi connectivity index (χ1v) is 6.14. The lowest BCUT2D eigenvalue weighted by Crippen LogP contribution is -1.99. The van der Waals surface area contributed by atoms with Crippen LogP contribution in [0.3, 0.4) is 0 Å². The molecule has 0 saturated carbocycles. The van der Waals surface area contributed by atoms with Gasteiger partial charge in [0.25, 0.3) is 0 Å². The van der Waals surface area contributed by atoms with E-state index in [-0.39, 0.29) is 20.4 Å². The summed E-state index contributed by atoms with van der Waals surface area (Å²) in [5, 5.41) is 0. The van der Waals surface area contributed by atoms with Gasteiger partial charge in [0.1, 0.15) is 0 Å². The van der Waals surface area contributed by atoms with Gasteiger partial charge in [-0.1, -0.05) is 49.7 Å². The van der Waals surface area contributed by atoms with Crippen LogP contribution in [0, 0.1) is 0 Å². The zero-order valence-electron chi connectivity index (χ0n) is 7.38. The summed E-state index contributed by atoms with van der Waals surface area (Å²) in [5.41, 5.74) is 1.52. The molecule has 0 heterocycles. The Kier molecular flexibility index (Phi) is 3.95. The van der Waals surface area contributed by atoms with E-state index in [2.05, 4.69) is 44.2 Å². The van der Waals surface area contributed by atoms with E-state index in [1.165, 1.54) is 10.1 Å². The third-order valence-electron chi connectivity index (χ3n) is 1.85. The molecule has 0 amide bonds. The van der Waals surface area contributed by atoms with Gasteiger partial charge in [0.15, 0.2) is 0 Å². The van der Waals surface area contributed by atoms with Crippen molar-refractivity contribution in [3.8, 4) is 0 Å². The quantitative estimate of drug-likeness (QED) is 0.594. The molecule has 0 bridgehead atoms. The molecule has 0 fully saturated rings. The summed E-state index contributed by atoms with van der Waals surface area (Å²) in [6.07, 6.45) is 0. The molecule has 0 aliphatic heterocycles. The van der Waals surface area contributed by atoms with E-state index in [0.29, 0.717) is 0 Å². The number of hydrogen-bond acceptors (Lipinski definition) is 0. The summed E-state index contributed by atoms with van der Waals surface area (Å²) in [6.45, 7) is 4.66. The van der Waals surface area contributed by atoms with Crippen molar-refractivity contribution in [2.24, 2.45) is 0 Å². The Morgan fingerprint density at radius 3 is 2.36 bits per heavy atom. The number of hydrogen-bond donors (Lipinski definition) is 0. The summed E-state index contributed by atoms with van der Waals surface area (Å²) < 4.78 is 2.31. The molecule has 56 valence electrons. The molecule has 0 aliphatic carbocycles. The monoisotopic (exact) mass is 158 g/mol. The van der Waals surface area contributed by atoms with Crippen LogP contribution in [-0.4, -0.2) is 20.4 Å². The van der Waals surface area contributed by atoms with Crippen molar-refractivity contribution in [1.82, 2.24) is 0 Å². The van der Waals surface area contributed by atoms with Crippen LogP contribution in [-0.2, 0) is 4.55 Å². The van der Waals surface area contributed by atoms with Gasteiger partial charge in [-0.05, 0) is 0 Å². The maximum absolute atomic E-state index is 2.33. The summed E-state index contributed by atoms with van der Waals surface area (Å²) in [6, 6.07) is 10.8. The molecule has 0 aliphatic rings. The van der Waals surface area contributed by atoms with E-state index in [1.54, 1.807) is 0 Å². The van der Waals surface area contributed by atoms with Crippen LogP contribution in [0.5, 0.6) is 0 Å². The second-order valence-electron chi connectivity index (χ2n) is 3.42. The zero-order valence-corrected chi connectivity index (χ0v) is 8.79. The fourth-order valence-electron chi connectivity index (χ4n) is 1.10. The summed E-state index contributed by atoms with van der Waals surface area (Å²) in [4.78, 5) is 0. The van der Waals surface area contributed by atoms with E-state index in [1.807, 2.05) is 0 Å². The molecule has 11 heavy (non-hydrogen) atoms. The van der Waals surface area contributed by atoms with Crippen LogP contribution in [0.2, 0.25) is 4.05 Å². The van der Waals surface area contributed by atoms with Gasteiger partial charge < -0.3 is 0 Å². The molecule has 1 heteroatoms. The second-order valence-corrected chi connectivity index (χ2v) is 6.13. The zero-order chi connectivity index (χ0) is 8.10. The van der Waals surface area contributed by atoms with Crippen molar-refractivity contribution in [1.29, 1.82) is 0 Å². The van der Waals surface area contributed by atoms with Crippen molar-refractivity contribution in [2.75, 3.05) is 0 Å². The van der Waals surface area contributed by atoms with Crippen molar-refractivity contribution in [3.05, 3.63) is 35.9 Å². The second kappa shape index (κ2) is 4.78. The Morgan fingerprint density at radius 1 is 1.18 bits per heavy atom. The average molecular weight is 159 g/mol. The van der Waals surface area contributed by atoms with Crippen molar-refractivity contribution in [2.45, 2.75) is 22.4 Å². The van der Waals surface area contributed by atoms with Crippen molar-refractivity contribution >= 4 is 20.4 Å². The summed E-state index contributed by atoms with van der Waals surface area (Å²) in [7, 11) is 0. The molecule has 0 unspecified atom stereocenters. The first-order valence-electron chi connectivity index (χ1n) is 4.33. The van der Waals surface area contributed by atoms with Crippen LogP contribution < -0.4 is 0 Å². The van der Waals surface area contributed by atoms with Crippen LogP contribution in [0.4, 0.5) is 0 Å². The standard InChI is InChI=1S/C7H7.C3H7.Mg/c1-7-5-3-2-4-6-7;1-3-2;/h2-6H,1H2;3H,1-2H3;. The average Bonchev–Trinajstić information content (AvgIpc) is 2.03. The van der Waals surface area contributed by atoms with Crippen LogP contribution in [0.15, 0.2) is 30.3 Å². The normalized spacial score (nSPS) is 9.73. The lowest BCUT2D eigenvalue weighted by Gasteiger charge is -2.00. The largest absolute Gasteiger partial charge is 0.374 e. The SMILES string of the molecule is C[CH](C)[Mg][CH2]c1ccccc1. The minimum atomic E-state index is 0.148. The van der Waals surface area contributed by atoms with Gasteiger partial charge in [0, 0.05) is 0 Å². The van der Waals surface area contributed by atoms with Crippen LogP contribution >= 0.6 is 0 Å². The molecule has 0 nitrogen and oxygen atoms in total. The molecule has 0 atom stereocenters. The highest BCUT2D eigenvalue weighted by molar-refractivity contribution is 6.36. The van der Waals surface area contributed by atoms with E-state index in [4.69, 9.17) is 0 Å². The van der Waals surface area contributed by atoms with Crippen molar-refractivity contribution in [3.63, 3.8) is 0 Å². The Labute approximate surface area is 78.7 Å². The molecular weight excluding hydrogens is 144 g/mol. The first-order chi connectivity index (χ1) is 5.29. The molecule has 1 aromatic rings. The third-order valence-corrected chi connectivity index (χ3v) is 3.87. The maximum atomic E-state index is 2.33. The van der Waals surface area contributed by atoms with Gasteiger partial charge in [0.05, 0.1) is 0 Å². The highest BCUT2D eigenvalue weighted by Gasteiger charge is 2.00. The van der Waals surface area contributed by atoms with E-state index >= 15 is 0 Å². The number of rotatable bonds is 3. The van der Waals surface area contributed by atoms with Crippen LogP contribution in [0.25, 0.3) is 0 Å². The van der Waals surface area contributed by atoms with Gasteiger partial charge in [-0.3, -0.25) is 0 Å². The molecular formula is C10H14Mg.